The molecule has 3 heterocycles. The van der Waals surface area contributed by atoms with Crippen LogP contribution in [0.1, 0.15) is 17.7 Å². The Kier molecular flexibility index (Phi) is 3.48. The van der Waals surface area contributed by atoms with Gasteiger partial charge in [0, 0.05) is 32.0 Å². The fourth-order valence-electron chi connectivity index (χ4n) is 2.97. The average molecular weight is 301 g/mol. The minimum Gasteiger partial charge on any atom is -0.486 e. The van der Waals surface area contributed by atoms with Gasteiger partial charge in [0.2, 0.25) is 0 Å². The normalized spacial score (nSPS) is 19.7. The first kappa shape index (κ1) is 13.6. The topological polar surface area (TPSA) is 59.8 Å². The number of ether oxygens (including phenoxy) is 2. The summed E-state index contributed by atoms with van der Waals surface area (Å²) >= 11 is 0. The van der Waals surface area contributed by atoms with E-state index in [1.165, 1.54) is 0 Å². The molecule has 2 aliphatic rings. The van der Waals surface area contributed by atoms with Gasteiger partial charge >= 0.3 is 0 Å². The van der Waals surface area contributed by atoms with E-state index in [2.05, 4.69) is 10.00 Å². The summed E-state index contributed by atoms with van der Waals surface area (Å²) < 4.78 is 13.0. The number of aliphatic hydroxyl groups excluding tert-OH is 1. The van der Waals surface area contributed by atoms with E-state index in [1.807, 2.05) is 35.1 Å². The minimum absolute atomic E-state index is 0.419. The molecule has 0 unspecified atom stereocenters. The van der Waals surface area contributed by atoms with E-state index in [9.17, 15) is 5.11 Å². The van der Waals surface area contributed by atoms with Gasteiger partial charge in [-0.1, -0.05) is 6.07 Å². The van der Waals surface area contributed by atoms with Crippen LogP contribution >= 0.6 is 0 Å². The molecule has 1 fully saturated rings. The van der Waals surface area contributed by atoms with E-state index in [0.717, 1.165) is 30.2 Å². The van der Waals surface area contributed by atoms with Crippen molar-refractivity contribution in [2.24, 2.45) is 0 Å². The Balaban J connectivity index is 1.36. The Morgan fingerprint density at radius 2 is 2.05 bits per heavy atom. The SMILES string of the molecule is O[C@@H](CN1CC(n2cccn2)C1)c1ccc2c(c1)OCCO2. The zero-order valence-corrected chi connectivity index (χ0v) is 12.3. The number of likely N-dealkylation sites (tertiary alicyclic amines) is 1. The average Bonchev–Trinajstić information content (AvgIpc) is 3.03. The van der Waals surface area contributed by atoms with Crippen molar-refractivity contribution in [2.45, 2.75) is 12.1 Å². The van der Waals surface area contributed by atoms with Crippen LogP contribution in [0.5, 0.6) is 11.5 Å². The summed E-state index contributed by atoms with van der Waals surface area (Å²) in [5.41, 5.74) is 0.867. The van der Waals surface area contributed by atoms with Gasteiger partial charge < -0.3 is 14.6 Å². The Labute approximate surface area is 128 Å². The lowest BCUT2D eigenvalue weighted by molar-refractivity contribution is 0.0399. The summed E-state index contributed by atoms with van der Waals surface area (Å²) in [6.07, 6.45) is 3.26. The molecule has 0 bridgehead atoms. The largest absolute Gasteiger partial charge is 0.486 e. The maximum Gasteiger partial charge on any atom is 0.161 e. The van der Waals surface area contributed by atoms with E-state index in [4.69, 9.17) is 9.47 Å². The molecule has 1 N–H and O–H groups in total. The van der Waals surface area contributed by atoms with Crippen molar-refractivity contribution < 1.29 is 14.6 Å². The maximum absolute atomic E-state index is 10.4. The Bertz CT molecular complexity index is 638. The van der Waals surface area contributed by atoms with Crippen molar-refractivity contribution in [1.82, 2.24) is 14.7 Å². The number of hydrogen-bond donors (Lipinski definition) is 1. The number of hydrogen-bond acceptors (Lipinski definition) is 5. The van der Waals surface area contributed by atoms with Gasteiger partial charge in [-0.3, -0.25) is 9.58 Å². The van der Waals surface area contributed by atoms with E-state index < -0.39 is 6.10 Å². The zero-order valence-electron chi connectivity index (χ0n) is 12.3. The van der Waals surface area contributed by atoms with Crippen LogP contribution in [0.15, 0.2) is 36.7 Å². The molecule has 4 rings (SSSR count). The molecule has 0 aliphatic carbocycles. The van der Waals surface area contributed by atoms with Crippen LogP contribution in [-0.4, -0.2) is 52.6 Å². The number of rotatable bonds is 4. The predicted octanol–water partition coefficient (Wildman–Crippen LogP) is 1.24. The molecular formula is C16H19N3O3. The summed E-state index contributed by atoms with van der Waals surface area (Å²) in [4.78, 5) is 2.23. The van der Waals surface area contributed by atoms with Crippen LogP contribution in [0.25, 0.3) is 0 Å². The van der Waals surface area contributed by atoms with Crippen molar-refractivity contribution in [1.29, 1.82) is 0 Å². The molecule has 0 spiro atoms. The van der Waals surface area contributed by atoms with Crippen LogP contribution in [-0.2, 0) is 0 Å². The minimum atomic E-state index is -0.519. The maximum atomic E-state index is 10.4. The molecule has 1 saturated heterocycles. The van der Waals surface area contributed by atoms with Gasteiger partial charge in [-0.2, -0.15) is 5.10 Å². The monoisotopic (exact) mass is 301 g/mol. The highest BCUT2D eigenvalue weighted by Crippen LogP contribution is 2.33. The number of aliphatic hydroxyl groups is 1. The number of fused-ring (bicyclic) bond motifs is 1. The third kappa shape index (κ3) is 2.55. The van der Waals surface area contributed by atoms with Crippen molar-refractivity contribution in [3.05, 3.63) is 42.2 Å². The first-order chi connectivity index (χ1) is 10.8. The van der Waals surface area contributed by atoms with Gasteiger partial charge in [-0.25, -0.2) is 0 Å². The van der Waals surface area contributed by atoms with Crippen molar-refractivity contribution in [3.8, 4) is 11.5 Å². The van der Waals surface area contributed by atoms with Crippen LogP contribution in [0.2, 0.25) is 0 Å². The molecule has 1 atom stereocenters. The second-order valence-corrected chi connectivity index (χ2v) is 5.78. The molecule has 116 valence electrons. The highest BCUT2D eigenvalue weighted by molar-refractivity contribution is 5.44. The molecule has 2 aromatic rings. The molecule has 1 aromatic carbocycles. The van der Waals surface area contributed by atoms with Crippen molar-refractivity contribution >= 4 is 0 Å². The summed E-state index contributed by atoms with van der Waals surface area (Å²) in [7, 11) is 0. The standard InChI is InChI=1S/C16H19N3O3/c20-14(11-18-9-13(10-18)19-5-1-4-17-19)12-2-3-15-16(8-12)22-7-6-21-15/h1-5,8,13-14,20H,6-7,9-11H2/t14-/m0/s1. The van der Waals surface area contributed by atoms with Crippen LogP contribution in [0, 0.1) is 0 Å². The highest BCUT2D eigenvalue weighted by Gasteiger charge is 2.30. The number of nitrogens with zero attached hydrogens (tertiary/aromatic N) is 3. The fourth-order valence-corrected chi connectivity index (χ4v) is 2.97. The molecule has 6 nitrogen and oxygen atoms in total. The van der Waals surface area contributed by atoms with Crippen LogP contribution in [0.4, 0.5) is 0 Å². The Hall–Kier alpha value is -2.05. The predicted molar refractivity (Wildman–Crippen MR) is 80.1 cm³/mol. The van der Waals surface area contributed by atoms with Gasteiger partial charge in [0.1, 0.15) is 13.2 Å². The van der Waals surface area contributed by atoms with Crippen molar-refractivity contribution in [2.75, 3.05) is 32.8 Å². The lowest BCUT2D eigenvalue weighted by atomic mass is 10.0. The highest BCUT2D eigenvalue weighted by atomic mass is 16.6. The van der Waals surface area contributed by atoms with Gasteiger partial charge in [0.05, 0.1) is 12.1 Å². The van der Waals surface area contributed by atoms with E-state index in [1.54, 1.807) is 6.20 Å². The lowest BCUT2D eigenvalue weighted by Gasteiger charge is -2.40. The number of aromatic nitrogens is 2. The van der Waals surface area contributed by atoms with Crippen molar-refractivity contribution in [3.63, 3.8) is 0 Å². The molecular weight excluding hydrogens is 282 g/mol. The molecule has 0 amide bonds. The van der Waals surface area contributed by atoms with Gasteiger partial charge in [-0.15, -0.1) is 0 Å². The van der Waals surface area contributed by atoms with E-state index in [-0.39, 0.29) is 0 Å². The molecule has 0 radical (unpaired) electrons. The second kappa shape index (κ2) is 5.62. The smallest absolute Gasteiger partial charge is 0.161 e. The molecule has 1 aromatic heterocycles. The summed E-state index contributed by atoms with van der Waals surface area (Å²) in [6.45, 7) is 3.60. The summed E-state index contributed by atoms with van der Waals surface area (Å²) in [6, 6.07) is 8.01. The Morgan fingerprint density at radius 3 is 2.82 bits per heavy atom. The first-order valence-electron chi connectivity index (χ1n) is 7.59. The summed E-state index contributed by atoms with van der Waals surface area (Å²) in [5.74, 6) is 1.48. The fraction of sp³-hybridized carbons (Fsp3) is 0.438. The number of β-amino-alcohol motifs (C(OH)–C–C–N with tert-alkyl or cyclic N) is 1. The van der Waals surface area contributed by atoms with E-state index in [0.29, 0.717) is 25.8 Å². The molecule has 6 heteroatoms. The van der Waals surface area contributed by atoms with E-state index >= 15 is 0 Å². The third-order valence-electron chi connectivity index (χ3n) is 4.22. The quantitative estimate of drug-likeness (QED) is 0.921. The lowest BCUT2D eigenvalue weighted by Crippen LogP contribution is -2.49. The molecule has 0 saturated carbocycles. The molecule has 2 aliphatic heterocycles. The zero-order chi connectivity index (χ0) is 14.9. The van der Waals surface area contributed by atoms with Crippen LogP contribution in [0.3, 0.4) is 0 Å². The van der Waals surface area contributed by atoms with Crippen LogP contribution < -0.4 is 9.47 Å². The summed E-state index contributed by atoms with van der Waals surface area (Å²) in [5, 5.41) is 14.7. The first-order valence-corrected chi connectivity index (χ1v) is 7.59. The molecule has 22 heavy (non-hydrogen) atoms. The van der Waals surface area contributed by atoms with Gasteiger partial charge in [-0.05, 0) is 23.8 Å². The Morgan fingerprint density at radius 1 is 1.23 bits per heavy atom. The second-order valence-electron chi connectivity index (χ2n) is 5.78. The van der Waals surface area contributed by atoms with Gasteiger partial charge in [0.15, 0.2) is 11.5 Å². The number of benzene rings is 1. The van der Waals surface area contributed by atoms with Gasteiger partial charge in [0.25, 0.3) is 0 Å². The third-order valence-corrected chi connectivity index (χ3v) is 4.22.